The smallest absolute Gasteiger partial charge is 0.416 e. The molecule has 0 saturated heterocycles. The Bertz CT molecular complexity index is 834. The van der Waals surface area contributed by atoms with E-state index in [1.807, 2.05) is 35.7 Å². The first kappa shape index (κ1) is 17.3. The highest BCUT2D eigenvalue weighted by atomic mass is 32.1. The maximum absolute atomic E-state index is 12.5. The van der Waals surface area contributed by atoms with E-state index in [1.165, 1.54) is 12.1 Å². The molecular weight excluding hydrogens is 345 g/mol. The molecule has 0 aliphatic rings. The lowest BCUT2D eigenvalue weighted by molar-refractivity contribution is -0.137. The molecule has 0 amide bonds. The van der Waals surface area contributed by atoms with Crippen molar-refractivity contribution >= 4 is 17.4 Å². The summed E-state index contributed by atoms with van der Waals surface area (Å²) in [7, 11) is 0. The van der Waals surface area contributed by atoms with Crippen molar-refractivity contribution in [2.45, 2.75) is 6.18 Å². The van der Waals surface area contributed by atoms with Gasteiger partial charge in [-0.2, -0.15) is 24.5 Å². The van der Waals surface area contributed by atoms with E-state index in [0.29, 0.717) is 12.2 Å². The second-order valence-corrected chi connectivity index (χ2v) is 6.15. The lowest BCUT2D eigenvalue weighted by Gasteiger charge is -2.06. The van der Waals surface area contributed by atoms with Gasteiger partial charge >= 0.3 is 6.18 Å². The van der Waals surface area contributed by atoms with Crippen molar-refractivity contribution in [2.24, 2.45) is 0 Å². The first-order valence-corrected chi connectivity index (χ1v) is 8.56. The molecule has 128 valence electrons. The summed E-state index contributed by atoms with van der Waals surface area (Å²) in [5, 5.41) is 4.10. The van der Waals surface area contributed by atoms with Gasteiger partial charge < -0.3 is 4.74 Å². The second kappa shape index (κ2) is 7.57. The van der Waals surface area contributed by atoms with Crippen LogP contribution in [0.3, 0.4) is 0 Å². The molecule has 25 heavy (non-hydrogen) atoms. The van der Waals surface area contributed by atoms with E-state index in [0.717, 1.165) is 29.0 Å². The number of hydrogen-bond donors (Lipinski definition) is 0. The standard InChI is InChI=1S/C20H15F3OS/c21-20(22,23)18-8-6-15(7-9-18)3-2-11-24-19-5-1-4-16(13-19)17-10-12-25-14-17/h1-10,12-14H,11H2/b3-2+. The fourth-order valence-corrected chi connectivity index (χ4v) is 2.97. The van der Waals surface area contributed by atoms with Crippen molar-refractivity contribution in [3.05, 3.63) is 82.6 Å². The summed E-state index contributed by atoms with van der Waals surface area (Å²) in [6, 6.07) is 14.9. The van der Waals surface area contributed by atoms with Crippen LogP contribution in [-0.4, -0.2) is 6.61 Å². The van der Waals surface area contributed by atoms with Gasteiger partial charge in [0.1, 0.15) is 12.4 Å². The minimum absolute atomic E-state index is 0.341. The molecule has 1 heterocycles. The van der Waals surface area contributed by atoms with Gasteiger partial charge in [-0.3, -0.25) is 0 Å². The highest BCUT2D eigenvalue weighted by Crippen LogP contribution is 2.29. The highest BCUT2D eigenvalue weighted by Gasteiger charge is 2.29. The number of alkyl halides is 3. The summed E-state index contributed by atoms with van der Waals surface area (Å²) in [5.74, 6) is 0.751. The lowest BCUT2D eigenvalue weighted by Crippen LogP contribution is -2.03. The van der Waals surface area contributed by atoms with Crippen molar-refractivity contribution in [1.82, 2.24) is 0 Å². The molecule has 0 radical (unpaired) electrons. The van der Waals surface area contributed by atoms with Crippen molar-refractivity contribution in [3.8, 4) is 16.9 Å². The van der Waals surface area contributed by atoms with Crippen molar-refractivity contribution in [3.63, 3.8) is 0 Å². The predicted octanol–water partition coefficient (Wildman–Crippen LogP) is 6.53. The Labute approximate surface area is 148 Å². The summed E-state index contributed by atoms with van der Waals surface area (Å²) >= 11 is 1.64. The number of halogens is 3. The van der Waals surface area contributed by atoms with Crippen LogP contribution in [0.5, 0.6) is 5.75 Å². The van der Waals surface area contributed by atoms with Crippen molar-refractivity contribution in [1.29, 1.82) is 0 Å². The van der Waals surface area contributed by atoms with Crippen LogP contribution in [0.1, 0.15) is 11.1 Å². The molecule has 1 aromatic heterocycles. The highest BCUT2D eigenvalue weighted by molar-refractivity contribution is 7.08. The third-order valence-electron chi connectivity index (χ3n) is 3.58. The Kier molecular flexibility index (Phi) is 5.24. The molecular formula is C20H15F3OS. The molecule has 3 rings (SSSR count). The Morgan fingerprint density at radius 2 is 1.76 bits per heavy atom. The Hall–Kier alpha value is -2.53. The van der Waals surface area contributed by atoms with Crippen LogP contribution in [0.15, 0.2) is 71.4 Å². The average Bonchev–Trinajstić information content (AvgIpc) is 3.13. The largest absolute Gasteiger partial charge is 0.490 e. The first-order valence-electron chi connectivity index (χ1n) is 7.61. The Morgan fingerprint density at radius 3 is 2.44 bits per heavy atom. The zero-order chi connectivity index (χ0) is 17.7. The zero-order valence-electron chi connectivity index (χ0n) is 13.2. The number of rotatable bonds is 5. The van der Waals surface area contributed by atoms with Crippen molar-refractivity contribution in [2.75, 3.05) is 6.61 Å². The second-order valence-electron chi connectivity index (χ2n) is 5.37. The van der Waals surface area contributed by atoms with Gasteiger partial charge in [-0.15, -0.1) is 0 Å². The van der Waals surface area contributed by atoms with Crippen LogP contribution in [0.2, 0.25) is 0 Å². The minimum Gasteiger partial charge on any atom is -0.490 e. The number of ether oxygens (including phenoxy) is 1. The van der Waals surface area contributed by atoms with Gasteiger partial charge in [0.2, 0.25) is 0 Å². The SMILES string of the molecule is FC(F)(F)c1ccc(/C=C/COc2cccc(-c3ccsc3)c2)cc1. The third kappa shape index (κ3) is 4.73. The maximum atomic E-state index is 12.5. The summed E-state index contributed by atoms with van der Waals surface area (Å²) in [5.41, 5.74) is 2.29. The lowest BCUT2D eigenvalue weighted by atomic mass is 10.1. The summed E-state index contributed by atoms with van der Waals surface area (Å²) < 4.78 is 43.2. The molecule has 0 fully saturated rings. The normalized spacial score (nSPS) is 11.8. The molecule has 1 nitrogen and oxygen atoms in total. The summed E-state index contributed by atoms with van der Waals surface area (Å²) in [6.07, 6.45) is -0.790. The maximum Gasteiger partial charge on any atom is 0.416 e. The molecule has 0 N–H and O–H groups in total. The molecule has 0 aliphatic heterocycles. The fourth-order valence-electron chi connectivity index (χ4n) is 2.31. The molecule has 3 aromatic rings. The van der Waals surface area contributed by atoms with Crippen molar-refractivity contribution < 1.29 is 17.9 Å². The van der Waals surface area contributed by atoms with Gasteiger partial charge in [-0.1, -0.05) is 30.3 Å². The molecule has 0 bridgehead atoms. The van der Waals surface area contributed by atoms with Gasteiger partial charge in [-0.05, 0) is 63.9 Å². The van der Waals surface area contributed by atoms with Gasteiger partial charge in [0.05, 0.1) is 5.56 Å². The van der Waals surface area contributed by atoms with Crippen LogP contribution in [0.4, 0.5) is 13.2 Å². The predicted molar refractivity (Wildman–Crippen MR) is 95.7 cm³/mol. The Balaban J connectivity index is 1.58. The molecule has 5 heteroatoms. The van der Waals surface area contributed by atoms with E-state index in [2.05, 4.69) is 5.38 Å². The van der Waals surface area contributed by atoms with E-state index < -0.39 is 11.7 Å². The van der Waals surface area contributed by atoms with Gasteiger partial charge in [-0.25, -0.2) is 0 Å². The molecule has 0 aliphatic carbocycles. The minimum atomic E-state index is -4.31. The van der Waals surface area contributed by atoms with Crippen LogP contribution in [-0.2, 0) is 6.18 Å². The van der Waals surface area contributed by atoms with Gasteiger partial charge in [0, 0.05) is 0 Å². The topological polar surface area (TPSA) is 9.23 Å². The monoisotopic (exact) mass is 360 g/mol. The first-order chi connectivity index (χ1) is 12.0. The van der Waals surface area contributed by atoms with Crippen LogP contribution >= 0.6 is 11.3 Å². The number of thiophene rings is 1. The number of hydrogen-bond acceptors (Lipinski definition) is 2. The van der Waals surface area contributed by atoms with E-state index >= 15 is 0 Å². The van der Waals surface area contributed by atoms with Gasteiger partial charge in [0.15, 0.2) is 0 Å². The molecule has 0 atom stereocenters. The quantitative estimate of drug-likeness (QED) is 0.503. The van der Waals surface area contributed by atoms with Crippen LogP contribution < -0.4 is 4.74 Å². The van der Waals surface area contributed by atoms with E-state index in [-0.39, 0.29) is 0 Å². The molecule has 0 saturated carbocycles. The summed E-state index contributed by atoms with van der Waals surface area (Å²) in [4.78, 5) is 0. The van der Waals surface area contributed by atoms with E-state index in [9.17, 15) is 13.2 Å². The number of benzene rings is 2. The molecule has 0 unspecified atom stereocenters. The third-order valence-corrected chi connectivity index (χ3v) is 4.27. The van der Waals surface area contributed by atoms with Crippen LogP contribution in [0, 0.1) is 0 Å². The Morgan fingerprint density at radius 1 is 0.960 bits per heavy atom. The summed E-state index contributed by atoms with van der Waals surface area (Å²) in [6.45, 7) is 0.341. The molecule has 0 spiro atoms. The van der Waals surface area contributed by atoms with E-state index in [1.54, 1.807) is 23.5 Å². The zero-order valence-corrected chi connectivity index (χ0v) is 14.0. The molecule has 2 aromatic carbocycles. The fraction of sp³-hybridized carbons (Fsp3) is 0.100. The van der Waals surface area contributed by atoms with Gasteiger partial charge in [0.25, 0.3) is 0 Å². The average molecular weight is 360 g/mol. The van der Waals surface area contributed by atoms with Crippen LogP contribution in [0.25, 0.3) is 17.2 Å². The van der Waals surface area contributed by atoms with E-state index in [4.69, 9.17) is 4.74 Å².